The zero-order chi connectivity index (χ0) is 18.8. The molecule has 1 aliphatic heterocycles. The number of cyclic esters (lactones) is 1. The van der Waals surface area contributed by atoms with Crippen LogP contribution in [0.15, 0.2) is 77.4 Å². The zero-order valence-electron chi connectivity index (χ0n) is 14.5. The van der Waals surface area contributed by atoms with Crippen LogP contribution in [0.3, 0.4) is 0 Å². The summed E-state index contributed by atoms with van der Waals surface area (Å²) in [6.45, 7) is 0. The number of fused-ring (bicyclic) bond motifs is 1. The van der Waals surface area contributed by atoms with Crippen molar-refractivity contribution in [3.8, 4) is 0 Å². The summed E-state index contributed by atoms with van der Waals surface area (Å²) in [4.78, 5) is 28.0. The summed E-state index contributed by atoms with van der Waals surface area (Å²) >= 11 is 0. The van der Waals surface area contributed by atoms with Crippen molar-refractivity contribution in [1.29, 1.82) is 0 Å². The third-order valence-electron chi connectivity index (χ3n) is 4.25. The van der Waals surface area contributed by atoms with Crippen molar-refractivity contribution in [3.05, 3.63) is 89.1 Å². The van der Waals surface area contributed by atoms with Gasteiger partial charge in [-0.3, -0.25) is 0 Å². The van der Waals surface area contributed by atoms with E-state index in [9.17, 15) is 9.59 Å². The number of carbonyl (C=O) groups is 2. The number of hydrogen-bond acceptors (Lipinski definition) is 5. The first-order valence-corrected chi connectivity index (χ1v) is 8.34. The smallest absolute Gasteiger partial charge is 0.363 e. The second-order valence-corrected chi connectivity index (χ2v) is 6.01. The van der Waals surface area contributed by atoms with Crippen LogP contribution in [0.2, 0.25) is 0 Å². The first-order chi connectivity index (χ1) is 13.1. The number of esters is 2. The molecule has 0 unspecified atom stereocenters. The van der Waals surface area contributed by atoms with E-state index in [0.717, 1.165) is 21.9 Å². The number of ether oxygens (including phenoxy) is 2. The Balaban J connectivity index is 1.63. The predicted molar refractivity (Wildman–Crippen MR) is 102 cm³/mol. The van der Waals surface area contributed by atoms with Gasteiger partial charge in [-0.05, 0) is 46.7 Å². The highest BCUT2D eigenvalue weighted by Gasteiger charge is 2.24. The molecule has 0 amide bonds. The number of benzene rings is 3. The summed E-state index contributed by atoms with van der Waals surface area (Å²) in [6.07, 6.45) is 1.62. The minimum atomic E-state index is -0.504. The van der Waals surface area contributed by atoms with Crippen molar-refractivity contribution in [2.24, 2.45) is 4.99 Å². The van der Waals surface area contributed by atoms with E-state index in [1.165, 1.54) is 7.11 Å². The van der Waals surface area contributed by atoms with Gasteiger partial charge < -0.3 is 9.47 Å². The summed E-state index contributed by atoms with van der Waals surface area (Å²) in [5.41, 5.74) is 2.13. The maximum Gasteiger partial charge on any atom is 0.363 e. The maximum absolute atomic E-state index is 12.2. The van der Waals surface area contributed by atoms with Gasteiger partial charge in [-0.2, -0.15) is 0 Å². The van der Waals surface area contributed by atoms with Crippen molar-refractivity contribution in [2.45, 2.75) is 0 Å². The minimum absolute atomic E-state index is 0.212. The largest absolute Gasteiger partial charge is 0.465 e. The summed E-state index contributed by atoms with van der Waals surface area (Å²) < 4.78 is 10.00. The Morgan fingerprint density at radius 2 is 1.74 bits per heavy atom. The zero-order valence-corrected chi connectivity index (χ0v) is 14.5. The first-order valence-electron chi connectivity index (χ1n) is 8.34. The molecule has 4 rings (SSSR count). The Morgan fingerprint density at radius 1 is 1.00 bits per heavy atom. The lowest BCUT2D eigenvalue weighted by molar-refractivity contribution is -0.129. The van der Waals surface area contributed by atoms with Gasteiger partial charge in [0.1, 0.15) is 0 Å². The number of methoxy groups -OCH3 is 1. The van der Waals surface area contributed by atoms with Crippen molar-refractivity contribution < 1.29 is 19.1 Å². The highest BCUT2D eigenvalue weighted by Crippen LogP contribution is 2.22. The summed E-state index contributed by atoms with van der Waals surface area (Å²) in [7, 11) is 1.33. The third-order valence-corrected chi connectivity index (χ3v) is 4.25. The Morgan fingerprint density at radius 3 is 2.48 bits per heavy atom. The number of carbonyl (C=O) groups excluding carboxylic acids is 2. The van der Waals surface area contributed by atoms with Crippen molar-refractivity contribution >= 4 is 34.7 Å². The highest BCUT2D eigenvalue weighted by molar-refractivity contribution is 6.13. The molecule has 0 spiro atoms. The Bertz CT molecular complexity index is 1110. The quantitative estimate of drug-likeness (QED) is 0.525. The average molecular weight is 357 g/mol. The van der Waals surface area contributed by atoms with Crippen LogP contribution in [0.1, 0.15) is 21.5 Å². The Hall–Kier alpha value is -3.73. The van der Waals surface area contributed by atoms with Gasteiger partial charge in [-0.1, -0.05) is 42.5 Å². The molecule has 0 fully saturated rings. The van der Waals surface area contributed by atoms with Crippen LogP contribution in [0.25, 0.3) is 16.8 Å². The van der Waals surface area contributed by atoms with E-state index in [-0.39, 0.29) is 11.6 Å². The van der Waals surface area contributed by atoms with E-state index in [1.54, 1.807) is 30.3 Å². The number of aliphatic imine (C=N–C) groups is 1. The van der Waals surface area contributed by atoms with Crippen LogP contribution >= 0.6 is 0 Å². The molecular weight excluding hydrogens is 342 g/mol. The van der Waals surface area contributed by atoms with E-state index >= 15 is 0 Å². The number of hydrogen-bond donors (Lipinski definition) is 0. The molecule has 27 heavy (non-hydrogen) atoms. The summed E-state index contributed by atoms with van der Waals surface area (Å²) in [5, 5.41) is 2.15. The van der Waals surface area contributed by atoms with E-state index in [1.807, 2.05) is 42.5 Å². The topological polar surface area (TPSA) is 65.0 Å². The molecule has 0 radical (unpaired) electrons. The number of nitrogens with zero attached hydrogens (tertiary/aromatic N) is 1. The van der Waals surface area contributed by atoms with Gasteiger partial charge in [-0.25, -0.2) is 14.6 Å². The van der Waals surface area contributed by atoms with E-state index in [4.69, 9.17) is 4.74 Å². The Labute approximate surface area is 155 Å². The highest BCUT2D eigenvalue weighted by atomic mass is 16.6. The van der Waals surface area contributed by atoms with Gasteiger partial charge >= 0.3 is 11.9 Å². The first kappa shape index (κ1) is 16.7. The fourth-order valence-corrected chi connectivity index (χ4v) is 2.85. The monoisotopic (exact) mass is 357 g/mol. The standard InChI is InChI=1S/C22H15NO4/c1-26-21(24)16-8-6-14(7-9-16)12-19-22(25)27-20(23-19)18-11-10-15-4-2-3-5-17(15)13-18/h2-13H,1H3/b19-12-. The molecule has 0 aliphatic carbocycles. The number of rotatable bonds is 3. The predicted octanol–water partition coefficient (Wildman–Crippen LogP) is 3.97. The fraction of sp³-hybridized carbons (Fsp3) is 0.0455. The fourth-order valence-electron chi connectivity index (χ4n) is 2.85. The third kappa shape index (κ3) is 3.35. The van der Waals surface area contributed by atoms with Crippen LogP contribution in [0.5, 0.6) is 0 Å². The minimum Gasteiger partial charge on any atom is -0.465 e. The maximum atomic E-state index is 12.2. The van der Waals surface area contributed by atoms with E-state index < -0.39 is 11.9 Å². The summed E-state index contributed by atoms with van der Waals surface area (Å²) in [5.74, 6) is -0.635. The molecule has 0 aromatic heterocycles. The van der Waals surface area contributed by atoms with Crippen LogP contribution < -0.4 is 0 Å². The molecule has 132 valence electrons. The second-order valence-electron chi connectivity index (χ2n) is 6.01. The Kier molecular flexibility index (Phi) is 4.26. The van der Waals surface area contributed by atoms with Crippen LogP contribution in [-0.2, 0) is 14.3 Å². The van der Waals surface area contributed by atoms with Gasteiger partial charge in [0.2, 0.25) is 5.90 Å². The molecular formula is C22H15NO4. The SMILES string of the molecule is COC(=O)c1ccc(/C=C2\N=C(c3ccc4ccccc4c3)OC2=O)cc1. The molecule has 1 aliphatic rings. The van der Waals surface area contributed by atoms with E-state index in [2.05, 4.69) is 9.73 Å². The average Bonchev–Trinajstić information content (AvgIpc) is 3.08. The van der Waals surface area contributed by atoms with E-state index in [0.29, 0.717) is 5.56 Å². The molecule has 0 saturated heterocycles. The molecule has 1 heterocycles. The van der Waals surface area contributed by atoms with Crippen LogP contribution in [0, 0.1) is 0 Å². The van der Waals surface area contributed by atoms with Gasteiger partial charge in [-0.15, -0.1) is 0 Å². The lowest BCUT2D eigenvalue weighted by Crippen LogP contribution is -2.05. The molecule has 3 aromatic carbocycles. The molecule has 0 atom stereocenters. The van der Waals surface area contributed by atoms with Crippen LogP contribution in [-0.4, -0.2) is 24.9 Å². The molecule has 5 nitrogen and oxygen atoms in total. The van der Waals surface area contributed by atoms with Crippen molar-refractivity contribution in [3.63, 3.8) is 0 Å². The normalized spacial score (nSPS) is 14.9. The van der Waals surface area contributed by atoms with Gasteiger partial charge in [0.25, 0.3) is 0 Å². The summed E-state index contributed by atoms with van der Waals surface area (Å²) in [6, 6.07) is 20.4. The molecule has 5 heteroatoms. The lowest BCUT2D eigenvalue weighted by Gasteiger charge is -2.02. The van der Waals surface area contributed by atoms with Crippen molar-refractivity contribution in [2.75, 3.05) is 7.11 Å². The van der Waals surface area contributed by atoms with Crippen LogP contribution in [0.4, 0.5) is 0 Å². The molecule has 0 N–H and O–H groups in total. The van der Waals surface area contributed by atoms with Gasteiger partial charge in [0, 0.05) is 5.56 Å². The van der Waals surface area contributed by atoms with Crippen molar-refractivity contribution in [1.82, 2.24) is 0 Å². The molecule has 3 aromatic rings. The molecule has 0 saturated carbocycles. The van der Waals surface area contributed by atoms with Gasteiger partial charge in [0.15, 0.2) is 5.70 Å². The second kappa shape index (κ2) is 6.88. The lowest BCUT2D eigenvalue weighted by atomic mass is 10.1. The molecule has 0 bridgehead atoms. The van der Waals surface area contributed by atoms with Gasteiger partial charge in [0.05, 0.1) is 12.7 Å².